The molecular formula is C23H28N3O2S+. The number of carbonyl (C=O) groups is 1. The molecule has 2 heterocycles. The molecule has 0 spiro atoms. The van der Waals surface area contributed by atoms with E-state index in [2.05, 4.69) is 19.9 Å². The molecule has 2 aromatic carbocycles. The average Bonchev–Trinajstić information content (AvgIpc) is 3.17. The van der Waals surface area contributed by atoms with Gasteiger partial charge in [-0.2, -0.15) is 0 Å². The number of anilines is 1. The number of nitrogens with one attached hydrogen (secondary N) is 1. The summed E-state index contributed by atoms with van der Waals surface area (Å²) in [6, 6.07) is 14.0. The van der Waals surface area contributed by atoms with Crippen molar-refractivity contribution in [2.24, 2.45) is 0 Å². The highest BCUT2D eigenvalue weighted by molar-refractivity contribution is 7.22. The van der Waals surface area contributed by atoms with Crippen LogP contribution in [0.1, 0.15) is 27.9 Å². The highest BCUT2D eigenvalue weighted by Gasteiger charge is 2.22. The number of fused-ring (bicyclic) bond motifs is 1. The monoisotopic (exact) mass is 410 g/mol. The Labute approximate surface area is 175 Å². The van der Waals surface area contributed by atoms with Gasteiger partial charge in [-0.3, -0.25) is 9.69 Å². The Morgan fingerprint density at radius 2 is 1.93 bits per heavy atom. The first-order valence-corrected chi connectivity index (χ1v) is 11.1. The van der Waals surface area contributed by atoms with E-state index in [-0.39, 0.29) is 5.91 Å². The second kappa shape index (κ2) is 9.03. The molecule has 1 aromatic heterocycles. The molecule has 152 valence electrons. The minimum absolute atomic E-state index is 0.0316. The number of aryl methyl sites for hydroxylation is 2. The molecule has 0 bridgehead atoms. The number of nitrogens with zero attached hydrogens (tertiary/aromatic N) is 2. The second-order valence-electron chi connectivity index (χ2n) is 7.69. The van der Waals surface area contributed by atoms with Crippen molar-refractivity contribution in [2.75, 3.05) is 44.3 Å². The molecular weight excluding hydrogens is 382 g/mol. The number of hydrogen-bond donors (Lipinski definition) is 1. The highest BCUT2D eigenvalue weighted by Crippen LogP contribution is 2.29. The summed E-state index contributed by atoms with van der Waals surface area (Å²) in [5.41, 5.74) is 4.01. The fourth-order valence-electron chi connectivity index (χ4n) is 3.69. The molecule has 1 saturated heterocycles. The Morgan fingerprint density at radius 1 is 1.14 bits per heavy atom. The van der Waals surface area contributed by atoms with Crippen LogP contribution >= 0.6 is 11.3 Å². The minimum Gasteiger partial charge on any atom is -0.370 e. The third kappa shape index (κ3) is 4.66. The zero-order chi connectivity index (χ0) is 20.2. The van der Waals surface area contributed by atoms with Crippen LogP contribution in [0.15, 0.2) is 42.5 Å². The SMILES string of the molecule is Cc1ccc(C(=O)N(CCC[NH+]2CCOCC2)c2nc3ccccc3s2)cc1C. The van der Waals surface area contributed by atoms with Crippen LogP contribution in [0, 0.1) is 13.8 Å². The van der Waals surface area contributed by atoms with E-state index in [0.717, 1.165) is 65.7 Å². The summed E-state index contributed by atoms with van der Waals surface area (Å²) in [6.45, 7) is 9.60. The van der Waals surface area contributed by atoms with Gasteiger partial charge in [-0.05, 0) is 49.2 Å². The lowest BCUT2D eigenvalue weighted by atomic mass is 10.1. The minimum atomic E-state index is 0.0316. The largest absolute Gasteiger partial charge is 0.370 e. The summed E-state index contributed by atoms with van der Waals surface area (Å²) in [5.74, 6) is 0.0316. The van der Waals surface area contributed by atoms with Crippen LogP contribution in [0.4, 0.5) is 5.13 Å². The standard InChI is InChI=1S/C23H27N3O2S/c1-17-8-9-19(16-18(17)2)22(27)26(11-5-10-25-12-14-28-15-13-25)23-24-20-6-3-4-7-21(20)29-23/h3-4,6-9,16H,5,10-15H2,1-2H3/p+1. The van der Waals surface area contributed by atoms with Gasteiger partial charge in [0, 0.05) is 18.5 Å². The first kappa shape index (κ1) is 20.0. The Kier molecular flexibility index (Phi) is 6.23. The molecule has 1 fully saturated rings. The van der Waals surface area contributed by atoms with Crippen molar-refractivity contribution in [1.82, 2.24) is 4.98 Å². The van der Waals surface area contributed by atoms with Gasteiger partial charge in [0.15, 0.2) is 5.13 Å². The van der Waals surface area contributed by atoms with Crippen LogP contribution in [-0.4, -0.2) is 50.3 Å². The molecule has 0 saturated carbocycles. The number of quaternary nitrogens is 1. The quantitative estimate of drug-likeness (QED) is 0.680. The van der Waals surface area contributed by atoms with Gasteiger partial charge < -0.3 is 9.64 Å². The van der Waals surface area contributed by atoms with Gasteiger partial charge in [-0.15, -0.1) is 0 Å². The number of hydrogen-bond acceptors (Lipinski definition) is 4. The van der Waals surface area contributed by atoms with Crippen molar-refractivity contribution in [1.29, 1.82) is 0 Å². The topological polar surface area (TPSA) is 46.9 Å². The van der Waals surface area contributed by atoms with Crippen molar-refractivity contribution < 1.29 is 14.4 Å². The number of rotatable bonds is 6. The van der Waals surface area contributed by atoms with E-state index >= 15 is 0 Å². The van der Waals surface area contributed by atoms with E-state index in [1.165, 1.54) is 5.56 Å². The van der Waals surface area contributed by atoms with E-state index in [9.17, 15) is 4.79 Å². The maximum atomic E-state index is 13.4. The van der Waals surface area contributed by atoms with Gasteiger partial charge in [0.2, 0.25) is 0 Å². The fraction of sp³-hybridized carbons (Fsp3) is 0.391. The number of aromatic nitrogens is 1. The lowest BCUT2D eigenvalue weighted by Gasteiger charge is -2.25. The van der Waals surface area contributed by atoms with Gasteiger partial charge >= 0.3 is 0 Å². The van der Waals surface area contributed by atoms with E-state index < -0.39 is 0 Å². The van der Waals surface area contributed by atoms with Gasteiger partial charge in [0.1, 0.15) is 13.1 Å². The molecule has 1 N–H and O–H groups in total. The molecule has 1 aliphatic rings. The predicted molar refractivity (Wildman–Crippen MR) is 118 cm³/mol. The molecule has 0 radical (unpaired) electrons. The normalized spacial score (nSPS) is 15.0. The van der Waals surface area contributed by atoms with Crippen LogP contribution in [0.3, 0.4) is 0 Å². The van der Waals surface area contributed by atoms with Crippen LogP contribution in [0.25, 0.3) is 10.2 Å². The van der Waals surface area contributed by atoms with E-state index in [4.69, 9.17) is 9.72 Å². The van der Waals surface area contributed by atoms with Crippen molar-refractivity contribution in [3.05, 3.63) is 59.2 Å². The van der Waals surface area contributed by atoms with Gasteiger partial charge in [-0.25, -0.2) is 4.98 Å². The number of morpholine rings is 1. The fourth-order valence-corrected chi connectivity index (χ4v) is 4.68. The smallest absolute Gasteiger partial charge is 0.260 e. The summed E-state index contributed by atoms with van der Waals surface area (Å²) < 4.78 is 6.56. The molecule has 5 nitrogen and oxygen atoms in total. The Balaban J connectivity index is 1.57. The number of carbonyl (C=O) groups excluding carboxylic acids is 1. The van der Waals surface area contributed by atoms with Crippen LogP contribution in [0.5, 0.6) is 0 Å². The number of amides is 1. The maximum absolute atomic E-state index is 13.4. The molecule has 1 aliphatic heterocycles. The van der Waals surface area contributed by atoms with E-state index in [0.29, 0.717) is 6.54 Å². The van der Waals surface area contributed by atoms with Gasteiger partial charge in [0.05, 0.1) is 30.0 Å². The van der Waals surface area contributed by atoms with Crippen molar-refractivity contribution in [3.8, 4) is 0 Å². The predicted octanol–water partition coefficient (Wildman–Crippen LogP) is 2.87. The number of para-hydroxylation sites is 1. The average molecular weight is 411 g/mol. The highest BCUT2D eigenvalue weighted by atomic mass is 32.1. The van der Waals surface area contributed by atoms with Crippen molar-refractivity contribution in [3.63, 3.8) is 0 Å². The second-order valence-corrected chi connectivity index (χ2v) is 8.70. The summed E-state index contributed by atoms with van der Waals surface area (Å²) in [7, 11) is 0. The lowest BCUT2D eigenvalue weighted by Crippen LogP contribution is -3.14. The Bertz CT molecular complexity index is 962. The number of ether oxygens (including phenoxy) is 1. The molecule has 29 heavy (non-hydrogen) atoms. The zero-order valence-corrected chi connectivity index (χ0v) is 17.9. The molecule has 4 rings (SSSR count). The van der Waals surface area contributed by atoms with Gasteiger partial charge in [0.25, 0.3) is 5.91 Å². The third-order valence-electron chi connectivity index (χ3n) is 5.62. The first-order valence-electron chi connectivity index (χ1n) is 10.3. The summed E-state index contributed by atoms with van der Waals surface area (Å²) in [4.78, 5) is 21.6. The van der Waals surface area contributed by atoms with Crippen molar-refractivity contribution >= 4 is 32.6 Å². The molecule has 0 aliphatic carbocycles. The molecule has 0 unspecified atom stereocenters. The van der Waals surface area contributed by atoms with Crippen LogP contribution in [0.2, 0.25) is 0 Å². The lowest BCUT2D eigenvalue weighted by molar-refractivity contribution is -0.908. The summed E-state index contributed by atoms with van der Waals surface area (Å²) in [5, 5.41) is 0.784. The summed E-state index contributed by atoms with van der Waals surface area (Å²) >= 11 is 1.59. The van der Waals surface area contributed by atoms with Crippen LogP contribution < -0.4 is 9.80 Å². The zero-order valence-electron chi connectivity index (χ0n) is 17.1. The molecule has 3 aromatic rings. The van der Waals surface area contributed by atoms with Crippen LogP contribution in [-0.2, 0) is 4.74 Å². The first-order chi connectivity index (χ1) is 14.1. The van der Waals surface area contributed by atoms with Gasteiger partial charge in [-0.1, -0.05) is 29.5 Å². The summed E-state index contributed by atoms with van der Waals surface area (Å²) in [6.07, 6.45) is 0.946. The molecule has 0 atom stereocenters. The van der Waals surface area contributed by atoms with Crippen molar-refractivity contribution in [2.45, 2.75) is 20.3 Å². The number of thiazole rings is 1. The molecule has 1 amide bonds. The maximum Gasteiger partial charge on any atom is 0.260 e. The third-order valence-corrected chi connectivity index (χ3v) is 6.68. The number of benzene rings is 2. The van der Waals surface area contributed by atoms with E-state index in [1.54, 1.807) is 16.2 Å². The Hall–Kier alpha value is -2.28. The van der Waals surface area contributed by atoms with E-state index in [1.807, 2.05) is 41.3 Å². The molecule has 6 heteroatoms. The Morgan fingerprint density at radius 3 is 2.69 bits per heavy atom.